The summed E-state index contributed by atoms with van der Waals surface area (Å²) in [6.45, 7) is 0.322. The van der Waals surface area contributed by atoms with E-state index in [4.69, 9.17) is 0 Å². The maximum absolute atomic E-state index is 12.4. The minimum Gasteiger partial charge on any atom is -0.350 e. The zero-order chi connectivity index (χ0) is 18.6. The van der Waals surface area contributed by atoms with Gasteiger partial charge in [-0.15, -0.1) is 0 Å². The van der Waals surface area contributed by atoms with Crippen LogP contribution >= 0.6 is 0 Å². The van der Waals surface area contributed by atoms with Gasteiger partial charge in [0.25, 0.3) is 5.56 Å². The van der Waals surface area contributed by atoms with Gasteiger partial charge in [-0.1, -0.05) is 24.3 Å². The predicted octanol–water partition coefficient (Wildman–Crippen LogP) is 1.90. The molecule has 1 N–H and O–H groups in total. The van der Waals surface area contributed by atoms with Crippen molar-refractivity contribution in [3.8, 4) is 5.69 Å². The van der Waals surface area contributed by atoms with Crippen molar-refractivity contribution >= 4 is 16.8 Å². The highest BCUT2D eigenvalue weighted by atomic mass is 16.2. The van der Waals surface area contributed by atoms with Crippen molar-refractivity contribution in [2.45, 2.75) is 13.1 Å². The molecule has 2 aromatic heterocycles. The number of fused-ring (bicyclic) bond motifs is 1. The summed E-state index contributed by atoms with van der Waals surface area (Å²) in [6, 6.07) is 14.9. The van der Waals surface area contributed by atoms with Crippen LogP contribution in [0.5, 0.6) is 0 Å². The number of rotatable bonds is 5. The van der Waals surface area contributed by atoms with Gasteiger partial charge in [-0.2, -0.15) is 0 Å². The van der Waals surface area contributed by atoms with Gasteiger partial charge in [0.2, 0.25) is 5.91 Å². The van der Waals surface area contributed by atoms with E-state index in [0.717, 1.165) is 11.3 Å². The molecule has 1 amide bonds. The van der Waals surface area contributed by atoms with Gasteiger partial charge in [0.15, 0.2) is 0 Å². The van der Waals surface area contributed by atoms with Gasteiger partial charge in [-0.3, -0.25) is 14.2 Å². The third kappa shape index (κ3) is 3.62. The molecular weight excluding hydrogens is 342 g/mol. The molecule has 7 nitrogen and oxygen atoms in total. The van der Waals surface area contributed by atoms with E-state index in [1.54, 1.807) is 30.7 Å². The molecule has 4 aromatic rings. The van der Waals surface area contributed by atoms with Crippen LogP contribution in [0.25, 0.3) is 16.6 Å². The fourth-order valence-corrected chi connectivity index (χ4v) is 2.83. The number of hydrogen-bond acceptors (Lipinski definition) is 4. The van der Waals surface area contributed by atoms with Crippen molar-refractivity contribution in [2.24, 2.45) is 0 Å². The summed E-state index contributed by atoms with van der Waals surface area (Å²) < 4.78 is 3.22. The summed E-state index contributed by atoms with van der Waals surface area (Å²) in [5, 5.41) is 3.33. The van der Waals surface area contributed by atoms with Crippen LogP contribution in [0.3, 0.4) is 0 Å². The number of carbonyl (C=O) groups excluding carboxylic acids is 1. The third-order valence-electron chi connectivity index (χ3n) is 4.27. The number of imidazole rings is 1. The Morgan fingerprint density at radius 1 is 1.04 bits per heavy atom. The standard InChI is InChI=1S/C20H17N5O2/c26-19(12-25-14-23-18-4-2-1-3-17(18)20(25)27)22-11-15-5-7-16(8-6-15)24-10-9-21-13-24/h1-10,13-14H,11-12H2,(H,22,26). The number of amides is 1. The second kappa shape index (κ2) is 7.25. The second-order valence-corrected chi connectivity index (χ2v) is 6.11. The van der Waals surface area contributed by atoms with Crippen LogP contribution in [0.2, 0.25) is 0 Å². The van der Waals surface area contributed by atoms with E-state index in [1.165, 1.54) is 10.9 Å². The lowest BCUT2D eigenvalue weighted by atomic mass is 10.2. The number of nitrogens with zero attached hydrogens (tertiary/aromatic N) is 4. The molecule has 2 heterocycles. The van der Waals surface area contributed by atoms with Crippen LogP contribution in [-0.2, 0) is 17.9 Å². The fraction of sp³-hybridized carbons (Fsp3) is 0.100. The van der Waals surface area contributed by atoms with Crippen molar-refractivity contribution in [2.75, 3.05) is 0 Å². The second-order valence-electron chi connectivity index (χ2n) is 6.11. The molecule has 0 radical (unpaired) electrons. The van der Waals surface area contributed by atoms with Crippen molar-refractivity contribution in [1.29, 1.82) is 0 Å². The molecule has 7 heteroatoms. The Morgan fingerprint density at radius 3 is 2.63 bits per heavy atom. The largest absolute Gasteiger partial charge is 0.350 e. The van der Waals surface area contributed by atoms with Gasteiger partial charge in [-0.25, -0.2) is 9.97 Å². The Balaban J connectivity index is 1.40. The number of hydrogen-bond donors (Lipinski definition) is 1. The monoisotopic (exact) mass is 359 g/mol. The summed E-state index contributed by atoms with van der Waals surface area (Å²) in [5.41, 5.74) is 2.37. The molecule has 0 bridgehead atoms. The number of nitrogens with one attached hydrogen (secondary N) is 1. The Bertz CT molecular complexity index is 1130. The van der Waals surface area contributed by atoms with E-state index in [9.17, 15) is 9.59 Å². The van der Waals surface area contributed by atoms with Gasteiger partial charge < -0.3 is 9.88 Å². The first-order chi connectivity index (χ1) is 13.2. The number of aromatic nitrogens is 4. The van der Waals surface area contributed by atoms with Crippen LogP contribution in [0.15, 0.2) is 78.4 Å². The normalized spacial score (nSPS) is 10.8. The maximum Gasteiger partial charge on any atom is 0.261 e. The Kier molecular flexibility index (Phi) is 4.49. The van der Waals surface area contributed by atoms with Crippen LogP contribution in [0, 0.1) is 0 Å². The average Bonchev–Trinajstić information content (AvgIpc) is 3.24. The Labute approximate surface area is 154 Å². The quantitative estimate of drug-likeness (QED) is 0.590. The molecule has 0 spiro atoms. The first-order valence-corrected chi connectivity index (χ1v) is 8.49. The van der Waals surface area contributed by atoms with Crippen LogP contribution in [-0.4, -0.2) is 25.0 Å². The van der Waals surface area contributed by atoms with Gasteiger partial charge in [0, 0.05) is 24.6 Å². The summed E-state index contributed by atoms with van der Waals surface area (Å²) in [4.78, 5) is 32.9. The zero-order valence-electron chi connectivity index (χ0n) is 14.4. The van der Waals surface area contributed by atoms with E-state index in [0.29, 0.717) is 17.4 Å². The maximum atomic E-state index is 12.4. The molecule has 0 aliphatic rings. The number of carbonyl (C=O) groups is 1. The van der Waals surface area contributed by atoms with E-state index >= 15 is 0 Å². The van der Waals surface area contributed by atoms with Crippen LogP contribution in [0.1, 0.15) is 5.56 Å². The molecular formula is C20H17N5O2. The lowest BCUT2D eigenvalue weighted by Crippen LogP contribution is -2.32. The lowest BCUT2D eigenvalue weighted by Gasteiger charge is -2.09. The van der Waals surface area contributed by atoms with Crippen molar-refractivity contribution in [1.82, 2.24) is 24.4 Å². The van der Waals surface area contributed by atoms with Crippen molar-refractivity contribution < 1.29 is 4.79 Å². The third-order valence-corrected chi connectivity index (χ3v) is 4.27. The minimum atomic E-state index is -0.243. The topological polar surface area (TPSA) is 81.8 Å². The molecule has 4 rings (SSSR count). The molecule has 0 saturated heterocycles. The predicted molar refractivity (Wildman–Crippen MR) is 101 cm³/mol. The Hall–Kier alpha value is -3.74. The SMILES string of the molecule is O=C(Cn1cnc2ccccc2c1=O)NCc1ccc(-n2ccnc2)cc1. The smallest absolute Gasteiger partial charge is 0.261 e. The van der Waals surface area contributed by atoms with Gasteiger partial charge in [-0.05, 0) is 29.8 Å². The highest BCUT2D eigenvalue weighted by Gasteiger charge is 2.08. The summed E-state index contributed by atoms with van der Waals surface area (Å²) in [5.74, 6) is -0.243. The first kappa shape index (κ1) is 16.7. The molecule has 27 heavy (non-hydrogen) atoms. The molecule has 0 saturated carbocycles. The lowest BCUT2D eigenvalue weighted by molar-refractivity contribution is -0.121. The Morgan fingerprint density at radius 2 is 1.85 bits per heavy atom. The summed E-state index contributed by atoms with van der Waals surface area (Å²) in [6.07, 6.45) is 6.72. The number of benzene rings is 2. The molecule has 0 unspecified atom stereocenters. The van der Waals surface area contributed by atoms with Gasteiger partial charge >= 0.3 is 0 Å². The molecule has 0 aliphatic carbocycles. The van der Waals surface area contributed by atoms with E-state index < -0.39 is 0 Å². The fourth-order valence-electron chi connectivity index (χ4n) is 2.83. The van der Waals surface area contributed by atoms with E-state index in [2.05, 4.69) is 15.3 Å². The highest BCUT2D eigenvalue weighted by molar-refractivity contribution is 5.78. The van der Waals surface area contributed by atoms with Crippen LogP contribution < -0.4 is 10.9 Å². The molecule has 0 atom stereocenters. The van der Waals surface area contributed by atoms with Gasteiger partial charge in [0.1, 0.15) is 6.54 Å². The molecule has 2 aromatic carbocycles. The molecule has 0 fully saturated rings. The van der Waals surface area contributed by atoms with Crippen LogP contribution in [0.4, 0.5) is 0 Å². The van der Waals surface area contributed by atoms with E-state index in [1.807, 2.05) is 41.1 Å². The summed E-state index contributed by atoms with van der Waals surface area (Å²) in [7, 11) is 0. The molecule has 0 aliphatic heterocycles. The minimum absolute atomic E-state index is 0.0657. The summed E-state index contributed by atoms with van der Waals surface area (Å²) >= 11 is 0. The first-order valence-electron chi connectivity index (χ1n) is 8.49. The van der Waals surface area contributed by atoms with Gasteiger partial charge in [0.05, 0.1) is 23.6 Å². The van der Waals surface area contributed by atoms with E-state index in [-0.39, 0.29) is 18.0 Å². The molecule has 134 valence electrons. The average molecular weight is 359 g/mol. The van der Waals surface area contributed by atoms with Crippen molar-refractivity contribution in [3.05, 3.63) is 89.5 Å². The van der Waals surface area contributed by atoms with Crippen molar-refractivity contribution in [3.63, 3.8) is 0 Å². The number of para-hydroxylation sites is 1. The highest BCUT2D eigenvalue weighted by Crippen LogP contribution is 2.09. The zero-order valence-corrected chi connectivity index (χ0v) is 14.4.